The molecule has 0 aliphatic carbocycles. The van der Waals surface area contributed by atoms with Gasteiger partial charge in [0.2, 0.25) is 6.79 Å². The Hall–Kier alpha value is -2.50. The van der Waals surface area contributed by atoms with Crippen molar-refractivity contribution in [3.05, 3.63) is 22.7 Å². The van der Waals surface area contributed by atoms with Crippen LogP contribution in [0.15, 0.2) is 17.1 Å². The molecule has 0 saturated carbocycles. The quantitative estimate of drug-likeness (QED) is 0.0666. The number of hydrogen-bond acceptors (Lipinski definition) is 15. The monoisotopic (exact) mass is 797 g/mol. The first-order chi connectivity index (χ1) is 23.5. The Labute approximate surface area is 313 Å². The van der Waals surface area contributed by atoms with Crippen LogP contribution in [-0.2, 0) is 41.9 Å². The highest BCUT2D eigenvalue weighted by Crippen LogP contribution is 2.53. The maximum absolute atomic E-state index is 15.8. The third kappa shape index (κ3) is 14.0. The average Bonchev–Trinajstić information content (AvgIpc) is 3.24. The number of phosphoric ester groups is 1. The van der Waals surface area contributed by atoms with Crippen LogP contribution in [0, 0.1) is 16.7 Å². The third-order valence-corrected chi connectivity index (χ3v) is 11.0. The predicted molar refractivity (Wildman–Crippen MR) is 196 cm³/mol. The van der Waals surface area contributed by atoms with Gasteiger partial charge in [0.25, 0.3) is 0 Å². The van der Waals surface area contributed by atoms with E-state index in [1.807, 2.05) is 0 Å². The number of thioether (sulfide) groups is 2. The van der Waals surface area contributed by atoms with Gasteiger partial charge in [-0.2, -0.15) is 9.88 Å². The van der Waals surface area contributed by atoms with Gasteiger partial charge in [-0.1, -0.05) is 39.5 Å². The Morgan fingerprint density at radius 1 is 0.923 bits per heavy atom. The minimum absolute atomic E-state index is 0.108. The second-order valence-corrected chi connectivity index (χ2v) is 20.1. The summed E-state index contributed by atoms with van der Waals surface area (Å²) in [6.45, 7) is 20.0. The van der Waals surface area contributed by atoms with Crippen LogP contribution in [0.1, 0.15) is 95.4 Å². The number of halogens is 1. The fourth-order valence-corrected chi connectivity index (χ4v) is 7.65. The molecule has 2 rings (SSSR count). The van der Waals surface area contributed by atoms with Crippen molar-refractivity contribution in [2.45, 2.75) is 118 Å². The zero-order valence-corrected chi connectivity index (χ0v) is 34.7. The Morgan fingerprint density at radius 2 is 1.48 bits per heavy atom. The Kier molecular flexibility index (Phi) is 15.6. The largest absolute Gasteiger partial charge is 0.477 e. The summed E-state index contributed by atoms with van der Waals surface area (Å²) in [5.41, 5.74) is -4.44. The lowest BCUT2D eigenvalue weighted by Crippen LogP contribution is -2.45. The molecular weight excluding hydrogens is 744 g/mol. The number of carbonyl (C=O) groups is 4. The first-order valence-corrected chi connectivity index (χ1v) is 20.0. The van der Waals surface area contributed by atoms with Gasteiger partial charge in [0.1, 0.15) is 22.7 Å². The fraction of sp³-hybridized carbons (Fsp3) is 0.758. The second-order valence-electron chi connectivity index (χ2n) is 16.0. The molecule has 19 heteroatoms. The Morgan fingerprint density at radius 3 is 1.96 bits per heavy atom. The summed E-state index contributed by atoms with van der Waals surface area (Å²) in [6, 6.07) is 1.19. The molecule has 296 valence electrons. The van der Waals surface area contributed by atoms with Crippen molar-refractivity contribution in [3.63, 3.8) is 0 Å². The molecule has 1 aromatic rings. The lowest BCUT2D eigenvalue weighted by atomic mass is 9.98. The van der Waals surface area contributed by atoms with Gasteiger partial charge in [0.05, 0.1) is 18.6 Å². The lowest BCUT2D eigenvalue weighted by Gasteiger charge is -2.28. The number of esters is 1. The second kappa shape index (κ2) is 17.8. The van der Waals surface area contributed by atoms with E-state index in [1.165, 1.54) is 12.3 Å². The molecule has 1 fully saturated rings. The van der Waals surface area contributed by atoms with Crippen molar-refractivity contribution >= 4 is 60.4 Å². The van der Waals surface area contributed by atoms with E-state index in [0.717, 1.165) is 28.1 Å². The standard InChI is InChI=1S/C33H53FN3O12PS2/c1-20-21(18-46-50(43,47-19-44-25(38)30(2,3)4)45-16-17-51-26(39)31(5,6)7)52-24(23(20)34)36-15-14-22(35-27(36)40)37(28(41)48-32(8,9)10)29(42)49-33(11,12)13/h14-15,20-21,23-24H,16-19H2,1-13H3/t20-,21-,23+,24-,50?/m1/s1. The Balaban J connectivity index is 2.26. The van der Waals surface area contributed by atoms with E-state index in [0.29, 0.717) is 4.90 Å². The molecule has 2 heterocycles. The summed E-state index contributed by atoms with van der Waals surface area (Å²) in [5.74, 6) is -1.63. The summed E-state index contributed by atoms with van der Waals surface area (Å²) in [7, 11) is -4.41. The molecular formula is C33H53FN3O12PS2. The van der Waals surface area contributed by atoms with Crippen molar-refractivity contribution in [1.82, 2.24) is 9.55 Å². The van der Waals surface area contributed by atoms with Crippen molar-refractivity contribution in [2.75, 3.05) is 30.7 Å². The number of amides is 2. The number of imide groups is 1. The van der Waals surface area contributed by atoms with Crippen LogP contribution in [0.5, 0.6) is 0 Å². The van der Waals surface area contributed by atoms with E-state index >= 15 is 4.39 Å². The molecule has 1 saturated heterocycles. The molecule has 0 spiro atoms. The number of phosphoric acid groups is 1. The van der Waals surface area contributed by atoms with E-state index in [2.05, 4.69) is 4.98 Å². The van der Waals surface area contributed by atoms with E-state index in [-0.39, 0.29) is 29.9 Å². The van der Waals surface area contributed by atoms with Gasteiger partial charge >= 0.3 is 31.7 Å². The molecule has 0 aromatic carbocycles. The SMILES string of the molecule is C[C@H]1[C@H](F)[C@H](n2ccc(N(C(=O)OC(C)(C)C)C(=O)OC(C)(C)C)nc2=O)S[C@@H]1COP(=O)(OCCSC(=O)C(C)(C)C)OCOC(=O)C(C)(C)C. The molecule has 0 N–H and O–H groups in total. The summed E-state index contributed by atoms with van der Waals surface area (Å²) in [4.78, 5) is 68.2. The first kappa shape index (κ1) is 45.7. The molecule has 1 unspecified atom stereocenters. The summed E-state index contributed by atoms with van der Waals surface area (Å²) in [6.07, 6.45) is -2.68. The minimum atomic E-state index is -4.41. The predicted octanol–water partition coefficient (Wildman–Crippen LogP) is 7.52. The van der Waals surface area contributed by atoms with Gasteiger partial charge < -0.3 is 14.2 Å². The molecule has 0 radical (unpaired) electrons. The number of alkyl halides is 1. The van der Waals surface area contributed by atoms with Gasteiger partial charge in [0.15, 0.2) is 10.9 Å². The smallest absolute Gasteiger partial charge is 0.443 e. The Bertz CT molecular complexity index is 1520. The number of rotatable bonds is 12. The van der Waals surface area contributed by atoms with Crippen LogP contribution in [0.3, 0.4) is 0 Å². The average molecular weight is 798 g/mol. The van der Waals surface area contributed by atoms with Crippen LogP contribution in [0.2, 0.25) is 0 Å². The molecule has 2 amide bonds. The lowest BCUT2D eigenvalue weighted by molar-refractivity contribution is -0.160. The first-order valence-electron chi connectivity index (χ1n) is 16.6. The van der Waals surface area contributed by atoms with Crippen LogP contribution >= 0.6 is 31.3 Å². The molecule has 0 bridgehead atoms. The van der Waals surface area contributed by atoms with E-state index < -0.39 is 83.2 Å². The van der Waals surface area contributed by atoms with Gasteiger partial charge in [-0.15, -0.1) is 11.8 Å². The molecule has 15 nitrogen and oxygen atoms in total. The van der Waals surface area contributed by atoms with Crippen molar-refractivity contribution in [2.24, 2.45) is 16.7 Å². The number of nitrogens with zero attached hydrogens (tertiary/aromatic N) is 3. The third-order valence-electron chi connectivity index (χ3n) is 6.73. The normalized spacial score (nSPS) is 20.9. The molecule has 1 aliphatic rings. The highest BCUT2D eigenvalue weighted by atomic mass is 32.2. The van der Waals surface area contributed by atoms with Gasteiger partial charge in [0, 0.05) is 28.5 Å². The number of hydrogen-bond donors (Lipinski definition) is 0. The van der Waals surface area contributed by atoms with Crippen LogP contribution in [0.4, 0.5) is 19.8 Å². The molecule has 1 aliphatic heterocycles. The summed E-state index contributed by atoms with van der Waals surface area (Å²) < 4.78 is 62.5. The number of anilines is 1. The maximum atomic E-state index is 15.8. The van der Waals surface area contributed by atoms with Crippen LogP contribution in [0.25, 0.3) is 0 Å². The van der Waals surface area contributed by atoms with Crippen molar-refractivity contribution < 1.29 is 55.9 Å². The molecule has 1 aromatic heterocycles. The number of ether oxygens (including phenoxy) is 3. The van der Waals surface area contributed by atoms with Gasteiger partial charge in [-0.3, -0.25) is 23.2 Å². The minimum Gasteiger partial charge on any atom is -0.443 e. The molecule has 52 heavy (non-hydrogen) atoms. The van der Waals surface area contributed by atoms with Crippen molar-refractivity contribution in [3.8, 4) is 0 Å². The summed E-state index contributed by atoms with van der Waals surface area (Å²) in [5, 5.41) is -1.91. The highest BCUT2D eigenvalue weighted by Gasteiger charge is 2.45. The molecule has 5 atom stereocenters. The van der Waals surface area contributed by atoms with E-state index in [4.69, 9.17) is 27.8 Å². The van der Waals surface area contributed by atoms with Crippen molar-refractivity contribution in [1.29, 1.82) is 0 Å². The van der Waals surface area contributed by atoms with E-state index in [9.17, 15) is 28.5 Å². The summed E-state index contributed by atoms with van der Waals surface area (Å²) >= 11 is 1.99. The van der Waals surface area contributed by atoms with Gasteiger partial charge in [-0.25, -0.2) is 27.9 Å². The van der Waals surface area contributed by atoms with Crippen LogP contribution < -0.4 is 10.6 Å². The fourth-order valence-electron chi connectivity index (χ4n) is 3.99. The number of carbonyl (C=O) groups excluding carboxylic acids is 4. The van der Waals surface area contributed by atoms with Crippen LogP contribution in [-0.4, -0.2) is 81.2 Å². The van der Waals surface area contributed by atoms with Gasteiger partial charge in [-0.05, 0) is 68.4 Å². The zero-order valence-electron chi connectivity index (χ0n) is 32.2. The number of aromatic nitrogens is 2. The topological polar surface area (TPSA) is 179 Å². The zero-order chi connectivity index (χ0) is 40.0. The van der Waals surface area contributed by atoms with E-state index in [1.54, 1.807) is 90.0 Å². The maximum Gasteiger partial charge on any atom is 0.477 e. The highest BCUT2D eigenvalue weighted by molar-refractivity contribution is 8.13.